The molecule has 0 aliphatic carbocycles. The van der Waals surface area contributed by atoms with Crippen LogP contribution in [0.4, 0.5) is 0 Å². The molecule has 1 atom stereocenters. The minimum absolute atomic E-state index is 0.428. The van der Waals surface area contributed by atoms with Gasteiger partial charge in [-0.2, -0.15) is 0 Å². The lowest BCUT2D eigenvalue weighted by Crippen LogP contribution is -1.87. The van der Waals surface area contributed by atoms with Crippen LogP contribution in [0.1, 0.15) is 6.92 Å². The van der Waals surface area contributed by atoms with Gasteiger partial charge in [-0.1, -0.05) is 13.0 Å². The molecule has 8 heavy (non-hydrogen) atoms. The van der Waals surface area contributed by atoms with Gasteiger partial charge in [0.05, 0.1) is 0 Å². The van der Waals surface area contributed by atoms with Crippen molar-refractivity contribution in [2.24, 2.45) is 15.9 Å². The number of allylic oxidation sites excluding steroid dienone is 1. The van der Waals surface area contributed by atoms with Crippen LogP contribution >= 0.6 is 0 Å². The van der Waals surface area contributed by atoms with Gasteiger partial charge in [0.2, 0.25) is 0 Å². The topological polar surface area (TPSA) is 24.7 Å². The second kappa shape index (κ2) is 2.40. The van der Waals surface area contributed by atoms with Crippen LogP contribution in [0.5, 0.6) is 0 Å². The molecule has 1 aliphatic rings. The summed E-state index contributed by atoms with van der Waals surface area (Å²) in [6.45, 7) is 2.06. The predicted octanol–water partition coefficient (Wildman–Crippen LogP) is 1.25. The van der Waals surface area contributed by atoms with E-state index < -0.39 is 0 Å². The molecule has 0 spiro atoms. The van der Waals surface area contributed by atoms with Crippen LogP contribution in [0.25, 0.3) is 0 Å². The number of nitrogens with zero attached hydrogens (tertiary/aromatic N) is 2. The zero-order valence-corrected chi connectivity index (χ0v) is 4.78. The van der Waals surface area contributed by atoms with Crippen molar-refractivity contribution in [3.8, 4) is 0 Å². The largest absolute Gasteiger partial charge is 0.249 e. The fourth-order valence-electron chi connectivity index (χ4n) is 0.486. The summed E-state index contributed by atoms with van der Waals surface area (Å²) in [5.41, 5.74) is 0. The van der Waals surface area contributed by atoms with Crippen LogP contribution in [0.15, 0.2) is 22.3 Å². The molecule has 1 rings (SSSR count). The first kappa shape index (κ1) is 5.22. The predicted molar refractivity (Wildman–Crippen MR) is 35.3 cm³/mol. The third-order valence-electron chi connectivity index (χ3n) is 0.930. The van der Waals surface area contributed by atoms with Gasteiger partial charge in [0.25, 0.3) is 0 Å². The highest BCUT2D eigenvalue weighted by Crippen LogP contribution is 1.94. The highest BCUT2D eigenvalue weighted by atomic mass is 14.8. The van der Waals surface area contributed by atoms with Crippen molar-refractivity contribution in [3.63, 3.8) is 0 Å². The molecule has 1 heterocycles. The van der Waals surface area contributed by atoms with Gasteiger partial charge >= 0.3 is 0 Å². The summed E-state index contributed by atoms with van der Waals surface area (Å²) in [6.07, 6.45) is 7.15. The van der Waals surface area contributed by atoms with E-state index in [0.29, 0.717) is 5.92 Å². The number of hydrogen-bond acceptors (Lipinski definition) is 2. The molecule has 0 saturated carbocycles. The maximum Gasteiger partial charge on any atom is 0.114 e. The van der Waals surface area contributed by atoms with Gasteiger partial charge in [-0.05, 0) is 0 Å². The molecule has 0 aromatic heterocycles. The molecule has 0 N–H and O–H groups in total. The highest BCUT2D eigenvalue weighted by molar-refractivity contribution is 5.75. The SMILES string of the molecule is C[C@H]1C=CN=CN=C1. The monoisotopic (exact) mass is 108 g/mol. The van der Waals surface area contributed by atoms with Crippen molar-refractivity contribution < 1.29 is 0 Å². The molecule has 0 aromatic rings. The molecule has 2 heteroatoms. The van der Waals surface area contributed by atoms with Crippen LogP contribution < -0.4 is 0 Å². The van der Waals surface area contributed by atoms with Gasteiger partial charge < -0.3 is 0 Å². The molecule has 0 bridgehead atoms. The zero-order chi connectivity index (χ0) is 5.82. The van der Waals surface area contributed by atoms with Crippen LogP contribution in [-0.4, -0.2) is 12.6 Å². The van der Waals surface area contributed by atoms with Crippen molar-refractivity contribution in [1.29, 1.82) is 0 Å². The number of rotatable bonds is 0. The second-order valence-corrected chi connectivity index (χ2v) is 1.76. The average molecular weight is 108 g/mol. The molecular weight excluding hydrogens is 100 g/mol. The Kier molecular flexibility index (Phi) is 1.57. The van der Waals surface area contributed by atoms with E-state index >= 15 is 0 Å². The van der Waals surface area contributed by atoms with Crippen LogP contribution in [0, 0.1) is 5.92 Å². The fraction of sp³-hybridized carbons (Fsp3) is 0.333. The van der Waals surface area contributed by atoms with E-state index in [4.69, 9.17) is 0 Å². The van der Waals surface area contributed by atoms with E-state index in [1.54, 1.807) is 12.5 Å². The Bertz CT molecular complexity index is 129. The molecule has 0 amide bonds. The van der Waals surface area contributed by atoms with Gasteiger partial charge in [-0.3, -0.25) is 0 Å². The van der Waals surface area contributed by atoms with E-state index in [1.807, 2.05) is 12.3 Å². The standard InChI is InChI=1S/C6H8N2/c1-6-2-3-7-5-8-4-6/h2-6H,1H3/t6-/m0/s1. The highest BCUT2D eigenvalue weighted by Gasteiger charge is 1.89. The summed E-state index contributed by atoms with van der Waals surface area (Å²) in [6, 6.07) is 0. The van der Waals surface area contributed by atoms with Gasteiger partial charge in [-0.25, -0.2) is 9.98 Å². The van der Waals surface area contributed by atoms with E-state index in [1.165, 1.54) is 0 Å². The minimum Gasteiger partial charge on any atom is -0.249 e. The molecule has 0 aromatic carbocycles. The lowest BCUT2D eigenvalue weighted by Gasteiger charge is -1.88. The Hall–Kier alpha value is -0.920. The summed E-state index contributed by atoms with van der Waals surface area (Å²) in [4.78, 5) is 7.69. The fourth-order valence-corrected chi connectivity index (χ4v) is 0.486. The minimum atomic E-state index is 0.428. The van der Waals surface area contributed by atoms with Crippen molar-refractivity contribution in [2.75, 3.05) is 0 Å². The Morgan fingerprint density at radius 2 is 2.25 bits per heavy atom. The van der Waals surface area contributed by atoms with Gasteiger partial charge in [-0.15, -0.1) is 0 Å². The van der Waals surface area contributed by atoms with Crippen molar-refractivity contribution in [3.05, 3.63) is 12.3 Å². The molecule has 0 fully saturated rings. The van der Waals surface area contributed by atoms with Gasteiger partial charge in [0.1, 0.15) is 6.34 Å². The first-order valence-corrected chi connectivity index (χ1v) is 2.61. The van der Waals surface area contributed by atoms with E-state index in [0.717, 1.165) is 0 Å². The van der Waals surface area contributed by atoms with Crippen molar-refractivity contribution >= 4 is 12.6 Å². The summed E-state index contributed by atoms with van der Waals surface area (Å²) < 4.78 is 0. The quantitative estimate of drug-likeness (QED) is 0.446. The smallest absolute Gasteiger partial charge is 0.114 e. The first-order valence-electron chi connectivity index (χ1n) is 2.61. The third-order valence-corrected chi connectivity index (χ3v) is 0.930. The van der Waals surface area contributed by atoms with E-state index in [-0.39, 0.29) is 0 Å². The second-order valence-electron chi connectivity index (χ2n) is 1.76. The summed E-state index contributed by atoms with van der Waals surface area (Å²) in [5, 5.41) is 0. The first-order chi connectivity index (χ1) is 3.89. The van der Waals surface area contributed by atoms with E-state index in [2.05, 4.69) is 16.9 Å². The molecule has 0 saturated heterocycles. The lowest BCUT2D eigenvalue weighted by molar-refractivity contribution is 1.03. The average Bonchev–Trinajstić information content (AvgIpc) is 1.94. The normalized spacial score (nSPS) is 25.9. The lowest BCUT2D eigenvalue weighted by atomic mass is 10.2. The maximum atomic E-state index is 3.87. The Morgan fingerprint density at radius 1 is 1.38 bits per heavy atom. The molecule has 1 aliphatic heterocycles. The Morgan fingerprint density at radius 3 is 3.12 bits per heavy atom. The molecule has 0 unspecified atom stereocenters. The molecular formula is C6H8N2. The zero-order valence-electron chi connectivity index (χ0n) is 4.78. The van der Waals surface area contributed by atoms with Crippen LogP contribution in [-0.2, 0) is 0 Å². The Balaban J connectivity index is 2.66. The molecule has 42 valence electrons. The van der Waals surface area contributed by atoms with Gasteiger partial charge in [0.15, 0.2) is 0 Å². The summed E-state index contributed by atoms with van der Waals surface area (Å²) >= 11 is 0. The van der Waals surface area contributed by atoms with Crippen molar-refractivity contribution in [2.45, 2.75) is 6.92 Å². The molecule has 2 nitrogen and oxygen atoms in total. The third kappa shape index (κ3) is 1.30. The molecule has 0 radical (unpaired) electrons. The maximum absolute atomic E-state index is 3.87. The number of hydrogen-bond donors (Lipinski definition) is 0. The summed E-state index contributed by atoms with van der Waals surface area (Å²) in [7, 11) is 0. The Labute approximate surface area is 48.7 Å². The number of aliphatic imine (C=N–C) groups is 2. The van der Waals surface area contributed by atoms with Crippen LogP contribution in [0.2, 0.25) is 0 Å². The van der Waals surface area contributed by atoms with Gasteiger partial charge in [0, 0.05) is 18.3 Å². The summed E-state index contributed by atoms with van der Waals surface area (Å²) in [5.74, 6) is 0.428. The van der Waals surface area contributed by atoms with Crippen LogP contribution in [0.3, 0.4) is 0 Å². The van der Waals surface area contributed by atoms with E-state index in [9.17, 15) is 0 Å². The van der Waals surface area contributed by atoms with Crippen molar-refractivity contribution in [1.82, 2.24) is 0 Å².